The van der Waals surface area contributed by atoms with Gasteiger partial charge in [0.2, 0.25) is 0 Å². The molecule has 0 amide bonds. The summed E-state index contributed by atoms with van der Waals surface area (Å²) in [6, 6.07) is 5.59. The monoisotopic (exact) mass is 288 g/mol. The van der Waals surface area contributed by atoms with E-state index in [1.807, 2.05) is 0 Å². The van der Waals surface area contributed by atoms with E-state index in [1.165, 1.54) is 24.1 Å². The van der Waals surface area contributed by atoms with Crippen LogP contribution in [0.1, 0.15) is 16.9 Å². The zero-order valence-corrected chi connectivity index (χ0v) is 10.8. The van der Waals surface area contributed by atoms with Gasteiger partial charge in [-0.2, -0.15) is 13.2 Å². The number of hydrogen-bond acceptors (Lipinski definition) is 3. The van der Waals surface area contributed by atoms with Gasteiger partial charge < -0.3 is 9.52 Å². The fourth-order valence-electron chi connectivity index (χ4n) is 1.63. The van der Waals surface area contributed by atoms with E-state index in [9.17, 15) is 13.2 Å². The summed E-state index contributed by atoms with van der Waals surface area (Å²) in [6.45, 7) is 1.11. The van der Waals surface area contributed by atoms with Crippen molar-refractivity contribution in [2.45, 2.75) is 29.5 Å². The van der Waals surface area contributed by atoms with Gasteiger partial charge in [0.1, 0.15) is 5.76 Å². The zero-order valence-electron chi connectivity index (χ0n) is 9.99. The van der Waals surface area contributed by atoms with Crippen molar-refractivity contribution in [2.75, 3.05) is 0 Å². The van der Waals surface area contributed by atoms with Crippen LogP contribution in [-0.4, -0.2) is 5.11 Å². The van der Waals surface area contributed by atoms with Crippen LogP contribution in [0.25, 0.3) is 0 Å². The fraction of sp³-hybridized carbons (Fsp3) is 0.231. The van der Waals surface area contributed by atoms with E-state index in [0.29, 0.717) is 10.7 Å². The van der Waals surface area contributed by atoms with Gasteiger partial charge in [-0.15, -0.1) is 0 Å². The van der Waals surface area contributed by atoms with E-state index in [0.717, 1.165) is 11.0 Å². The summed E-state index contributed by atoms with van der Waals surface area (Å²) in [5.41, 5.74) is -0.929. The van der Waals surface area contributed by atoms with Gasteiger partial charge in [-0.05, 0) is 30.7 Å². The summed E-state index contributed by atoms with van der Waals surface area (Å²) in [6.07, 6.45) is -2.98. The molecule has 1 aromatic heterocycles. The van der Waals surface area contributed by atoms with Crippen LogP contribution in [0, 0.1) is 6.92 Å². The minimum atomic E-state index is -4.47. The first-order valence-electron chi connectivity index (χ1n) is 5.44. The predicted molar refractivity (Wildman–Crippen MR) is 64.9 cm³/mol. The number of hydrogen-bond donors (Lipinski definition) is 1. The lowest BCUT2D eigenvalue weighted by atomic mass is 10.1. The molecule has 2 rings (SSSR count). The third-order valence-corrected chi connectivity index (χ3v) is 3.73. The topological polar surface area (TPSA) is 33.4 Å². The number of benzene rings is 1. The maximum Gasteiger partial charge on any atom is 0.416 e. The smallest absolute Gasteiger partial charge is 0.416 e. The molecule has 0 aliphatic heterocycles. The highest BCUT2D eigenvalue weighted by Crippen LogP contribution is 2.37. The van der Waals surface area contributed by atoms with Crippen molar-refractivity contribution in [1.82, 2.24) is 0 Å². The lowest BCUT2D eigenvalue weighted by Crippen LogP contribution is -2.09. The fourth-order valence-corrected chi connectivity index (χ4v) is 2.51. The quantitative estimate of drug-likeness (QED) is 0.916. The van der Waals surface area contributed by atoms with E-state index in [4.69, 9.17) is 9.52 Å². The van der Waals surface area contributed by atoms with Gasteiger partial charge in [-0.1, -0.05) is 17.8 Å². The second-order valence-corrected chi connectivity index (χ2v) is 5.03. The van der Waals surface area contributed by atoms with Gasteiger partial charge in [-0.25, -0.2) is 0 Å². The van der Waals surface area contributed by atoms with Crippen molar-refractivity contribution in [3.63, 3.8) is 0 Å². The van der Waals surface area contributed by atoms with Gasteiger partial charge in [-0.3, -0.25) is 0 Å². The standard InChI is InChI=1S/C13H11F3O2S/c1-8-12(4-5-18-8)19-10-3-2-9(7-17)11(6-10)13(14,15)16/h2-6,17H,7H2,1H3. The molecule has 0 aliphatic carbocycles. The average molecular weight is 288 g/mol. The maximum atomic E-state index is 12.8. The van der Waals surface area contributed by atoms with Crippen LogP contribution >= 0.6 is 11.8 Å². The molecule has 19 heavy (non-hydrogen) atoms. The van der Waals surface area contributed by atoms with Crippen LogP contribution in [0.2, 0.25) is 0 Å². The number of furan rings is 1. The number of aliphatic hydroxyl groups excluding tert-OH is 1. The SMILES string of the molecule is Cc1occc1Sc1ccc(CO)c(C(F)(F)F)c1. The summed E-state index contributed by atoms with van der Waals surface area (Å²) < 4.78 is 43.6. The summed E-state index contributed by atoms with van der Waals surface area (Å²) in [5.74, 6) is 0.657. The van der Waals surface area contributed by atoms with Crippen LogP contribution < -0.4 is 0 Å². The predicted octanol–water partition coefficient (Wildman–Crippen LogP) is 4.25. The molecule has 1 aromatic carbocycles. The van der Waals surface area contributed by atoms with E-state index in [1.54, 1.807) is 19.1 Å². The van der Waals surface area contributed by atoms with Crippen molar-refractivity contribution in [3.05, 3.63) is 47.4 Å². The molecule has 0 saturated carbocycles. The Kier molecular flexibility index (Phi) is 3.91. The minimum absolute atomic E-state index is 0.124. The highest BCUT2D eigenvalue weighted by Gasteiger charge is 2.33. The zero-order chi connectivity index (χ0) is 14.0. The Bertz CT molecular complexity index is 576. The van der Waals surface area contributed by atoms with E-state index in [-0.39, 0.29) is 5.56 Å². The first-order chi connectivity index (χ1) is 8.91. The molecule has 6 heteroatoms. The molecule has 1 N–H and O–H groups in total. The third-order valence-electron chi connectivity index (χ3n) is 2.60. The van der Waals surface area contributed by atoms with Crippen LogP contribution in [0.4, 0.5) is 13.2 Å². The largest absolute Gasteiger partial charge is 0.468 e. The highest BCUT2D eigenvalue weighted by molar-refractivity contribution is 7.99. The Hall–Kier alpha value is -1.40. The third kappa shape index (κ3) is 3.13. The number of rotatable bonds is 3. The van der Waals surface area contributed by atoms with Crippen LogP contribution in [0.5, 0.6) is 0 Å². The summed E-state index contributed by atoms with van der Waals surface area (Å²) in [7, 11) is 0. The Labute approximate surface area is 112 Å². The van der Waals surface area contributed by atoms with Crippen LogP contribution in [-0.2, 0) is 12.8 Å². The molecule has 0 saturated heterocycles. The van der Waals surface area contributed by atoms with E-state index >= 15 is 0 Å². The molecule has 2 aromatic rings. The van der Waals surface area contributed by atoms with Crippen molar-refractivity contribution in [3.8, 4) is 0 Å². The molecule has 0 atom stereocenters. The summed E-state index contributed by atoms with van der Waals surface area (Å²) >= 11 is 1.19. The first kappa shape index (κ1) is 14.0. The molecular formula is C13H11F3O2S. The molecule has 2 nitrogen and oxygen atoms in total. The molecular weight excluding hydrogens is 277 g/mol. The van der Waals surface area contributed by atoms with Gasteiger partial charge in [0, 0.05) is 4.90 Å². The number of alkyl halides is 3. The normalized spacial score (nSPS) is 11.8. The van der Waals surface area contributed by atoms with Crippen LogP contribution in [0.3, 0.4) is 0 Å². The van der Waals surface area contributed by atoms with Gasteiger partial charge >= 0.3 is 6.18 Å². The Morgan fingerprint density at radius 2 is 2.00 bits per heavy atom. The lowest BCUT2D eigenvalue weighted by molar-refractivity contribution is -0.138. The first-order valence-corrected chi connectivity index (χ1v) is 6.26. The van der Waals surface area contributed by atoms with Gasteiger partial charge in [0.15, 0.2) is 0 Å². The Morgan fingerprint density at radius 1 is 1.26 bits per heavy atom. The molecule has 1 heterocycles. The van der Waals surface area contributed by atoms with Crippen molar-refractivity contribution in [1.29, 1.82) is 0 Å². The van der Waals surface area contributed by atoms with Crippen molar-refractivity contribution < 1.29 is 22.7 Å². The number of aryl methyl sites for hydroxylation is 1. The Balaban J connectivity index is 2.36. The Morgan fingerprint density at radius 3 is 2.53 bits per heavy atom. The molecule has 0 spiro atoms. The number of aliphatic hydroxyl groups is 1. The molecule has 0 bridgehead atoms. The van der Waals surface area contributed by atoms with E-state index < -0.39 is 18.3 Å². The minimum Gasteiger partial charge on any atom is -0.468 e. The highest BCUT2D eigenvalue weighted by atomic mass is 32.2. The average Bonchev–Trinajstić information content (AvgIpc) is 2.74. The van der Waals surface area contributed by atoms with Gasteiger partial charge in [0.25, 0.3) is 0 Å². The molecule has 0 fully saturated rings. The van der Waals surface area contributed by atoms with Crippen molar-refractivity contribution in [2.24, 2.45) is 0 Å². The van der Waals surface area contributed by atoms with Crippen molar-refractivity contribution >= 4 is 11.8 Å². The number of halogens is 3. The molecule has 0 radical (unpaired) electrons. The molecule has 0 unspecified atom stereocenters. The van der Waals surface area contributed by atoms with Gasteiger partial charge in [0.05, 0.1) is 23.3 Å². The lowest BCUT2D eigenvalue weighted by Gasteiger charge is -2.12. The molecule has 102 valence electrons. The maximum absolute atomic E-state index is 12.8. The summed E-state index contributed by atoms with van der Waals surface area (Å²) in [5, 5.41) is 8.95. The second kappa shape index (κ2) is 5.30. The summed E-state index contributed by atoms with van der Waals surface area (Å²) in [4.78, 5) is 1.22. The van der Waals surface area contributed by atoms with E-state index in [2.05, 4.69) is 0 Å². The molecule has 0 aliphatic rings. The second-order valence-electron chi connectivity index (χ2n) is 3.92. The van der Waals surface area contributed by atoms with Crippen LogP contribution in [0.15, 0.2) is 44.7 Å².